The highest BCUT2D eigenvalue weighted by Gasteiger charge is 2.08. The topological polar surface area (TPSA) is 80.3 Å². The molecule has 0 unspecified atom stereocenters. The van der Waals surface area contributed by atoms with Crippen molar-refractivity contribution in [3.63, 3.8) is 0 Å². The minimum absolute atomic E-state index is 0.0970. The molecular formula is C21H21N3O3S. The summed E-state index contributed by atoms with van der Waals surface area (Å²) in [4.78, 5) is 27.9. The van der Waals surface area contributed by atoms with E-state index in [0.29, 0.717) is 24.3 Å². The Morgan fingerprint density at radius 3 is 2.64 bits per heavy atom. The minimum Gasteiger partial charge on any atom is -0.497 e. The van der Waals surface area contributed by atoms with Crippen LogP contribution in [-0.4, -0.2) is 30.5 Å². The van der Waals surface area contributed by atoms with Crippen molar-refractivity contribution in [2.75, 3.05) is 19.0 Å². The molecular weight excluding hydrogens is 374 g/mol. The molecule has 28 heavy (non-hydrogen) atoms. The maximum atomic E-state index is 12.2. The SMILES string of the molecule is COc1cccc(C(=O)NCCc2csc(-c3ccc(NC(C)=O)cc3)n2)c1. The highest BCUT2D eigenvalue weighted by atomic mass is 32.1. The molecule has 3 rings (SSSR count). The predicted octanol–water partition coefficient (Wildman–Crippen LogP) is 3.75. The molecule has 0 aliphatic heterocycles. The first-order valence-electron chi connectivity index (χ1n) is 8.80. The van der Waals surface area contributed by atoms with E-state index in [1.165, 1.54) is 6.92 Å². The Morgan fingerprint density at radius 1 is 1.14 bits per heavy atom. The fourth-order valence-corrected chi connectivity index (χ4v) is 3.48. The lowest BCUT2D eigenvalue weighted by Crippen LogP contribution is -2.25. The third-order valence-corrected chi connectivity index (χ3v) is 4.94. The minimum atomic E-state index is -0.136. The van der Waals surface area contributed by atoms with Gasteiger partial charge in [0.25, 0.3) is 5.91 Å². The summed E-state index contributed by atoms with van der Waals surface area (Å²) in [5, 5.41) is 8.55. The second-order valence-electron chi connectivity index (χ2n) is 6.14. The van der Waals surface area contributed by atoms with Crippen LogP contribution in [0.3, 0.4) is 0 Å². The fraction of sp³-hybridized carbons (Fsp3) is 0.190. The number of aromatic nitrogens is 1. The number of methoxy groups -OCH3 is 1. The number of carbonyl (C=O) groups excluding carboxylic acids is 2. The number of carbonyl (C=O) groups is 2. The van der Waals surface area contributed by atoms with Gasteiger partial charge in [-0.3, -0.25) is 9.59 Å². The molecule has 2 N–H and O–H groups in total. The van der Waals surface area contributed by atoms with Crippen LogP contribution < -0.4 is 15.4 Å². The Balaban J connectivity index is 1.54. The van der Waals surface area contributed by atoms with Crippen molar-refractivity contribution in [2.45, 2.75) is 13.3 Å². The lowest BCUT2D eigenvalue weighted by atomic mass is 10.2. The first-order valence-corrected chi connectivity index (χ1v) is 9.68. The maximum absolute atomic E-state index is 12.2. The largest absolute Gasteiger partial charge is 0.497 e. The normalized spacial score (nSPS) is 10.4. The van der Waals surface area contributed by atoms with Gasteiger partial charge in [0.05, 0.1) is 12.8 Å². The molecule has 0 saturated carbocycles. The number of nitrogens with one attached hydrogen (secondary N) is 2. The second-order valence-corrected chi connectivity index (χ2v) is 7.00. The van der Waals surface area contributed by atoms with Gasteiger partial charge in [0.2, 0.25) is 5.91 Å². The first-order chi connectivity index (χ1) is 13.5. The lowest BCUT2D eigenvalue weighted by Gasteiger charge is -2.06. The van der Waals surface area contributed by atoms with Gasteiger partial charge >= 0.3 is 0 Å². The summed E-state index contributed by atoms with van der Waals surface area (Å²) in [6.45, 7) is 1.98. The number of hydrogen-bond donors (Lipinski definition) is 2. The van der Waals surface area contributed by atoms with E-state index in [2.05, 4.69) is 15.6 Å². The quantitative estimate of drug-likeness (QED) is 0.638. The van der Waals surface area contributed by atoms with Gasteiger partial charge in [-0.1, -0.05) is 6.07 Å². The average molecular weight is 395 g/mol. The second kappa shape index (κ2) is 9.14. The fourth-order valence-electron chi connectivity index (χ4n) is 2.62. The molecule has 0 radical (unpaired) electrons. The molecule has 0 aliphatic rings. The highest BCUT2D eigenvalue weighted by Crippen LogP contribution is 2.25. The molecule has 1 heterocycles. The van der Waals surface area contributed by atoms with Crippen LogP contribution in [0.5, 0.6) is 5.75 Å². The number of nitrogens with zero attached hydrogens (tertiary/aromatic N) is 1. The van der Waals surface area contributed by atoms with Crippen molar-refractivity contribution in [1.29, 1.82) is 0 Å². The van der Waals surface area contributed by atoms with Crippen molar-refractivity contribution in [3.8, 4) is 16.3 Å². The van der Waals surface area contributed by atoms with E-state index in [1.807, 2.05) is 29.6 Å². The molecule has 2 amide bonds. The molecule has 0 bridgehead atoms. The van der Waals surface area contributed by atoms with Gasteiger partial charge in [-0.05, 0) is 42.5 Å². The Kier molecular flexibility index (Phi) is 6.39. The van der Waals surface area contributed by atoms with E-state index in [9.17, 15) is 9.59 Å². The number of ether oxygens (including phenoxy) is 1. The number of benzene rings is 2. The Bertz CT molecular complexity index is 967. The van der Waals surface area contributed by atoms with Gasteiger partial charge in [0, 0.05) is 42.1 Å². The van der Waals surface area contributed by atoms with Crippen molar-refractivity contribution in [3.05, 3.63) is 65.2 Å². The van der Waals surface area contributed by atoms with Crippen LogP contribution in [0.4, 0.5) is 5.69 Å². The van der Waals surface area contributed by atoms with Crippen molar-refractivity contribution in [2.24, 2.45) is 0 Å². The predicted molar refractivity (Wildman–Crippen MR) is 111 cm³/mol. The molecule has 3 aromatic rings. The molecule has 0 fully saturated rings. The molecule has 144 valence electrons. The van der Waals surface area contributed by atoms with Crippen LogP contribution in [-0.2, 0) is 11.2 Å². The molecule has 6 nitrogen and oxygen atoms in total. The molecule has 0 spiro atoms. The Labute approximate surface area is 167 Å². The smallest absolute Gasteiger partial charge is 0.251 e. The molecule has 2 aromatic carbocycles. The number of hydrogen-bond acceptors (Lipinski definition) is 5. The summed E-state index contributed by atoms with van der Waals surface area (Å²) in [7, 11) is 1.57. The van der Waals surface area contributed by atoms with Crippen molar-refractivity contribution >= 4 is 28.8 Å². The van der Waals surface area contributed by atoms with Gasteiger partial charge in [-0.2, -0.15) is 0 Å². The number of rotatable bonds is 7. The Morgan fingerprint density at radius 2 is 1.93 bits per heavy atom. The van der Waals surface area contributed by atoms with Crippen molar-refractivity contribution in [1.82, 2.24) is 10.3 Å². The van der Waals surface area contributed by atoms with Crippen LogP contribution in [0.25, 0.3) is 10.6 Å². The van der Waals surface area contributed by atoms with E-state index in [1.54, 1.807) is 42.7 Å². The van der Waals surface area contributed by atoms with Gasteiger partial charge in [-0.25, -0.2) is 4.98 Å². The van der Waals surface area contributed by atoms with E-state index >= 15 is 0 Å². The Hall–Kier alpha value is -3.19. The highest BCUT2D eigenvalue weighted by molar-refractivity contribution is 7.13. The standard InChI is InChI=1S/C21H21N3O3S/c1-14(25)23-17-8-6-15(7-9-17)21-24-18(13-28-21)10-11-22-20(26)16-4-3-5-19(12-16)27-2/h3-9,12-13H,10-11H2,1-2H3,(H,22,26)(H,23,25). The molecule has 0 saturated heterocycles. The number of anilines is 1. The zero-order valence-corrected chi connectivity index (χ0v) is 16.5. The van der Waals surface area contributed by atoms with Crippen LogP contribution in [0.1, 0.15) is 23.0 Å². The van der Waals surface area contributed by atoms with Gasteiger partial charge in [-0.15, -0.1) is 11.3 Å². The van der Waals surface area contributed by atoms with Crippen LogP contribution >= 0.6 is 11.3 Å². The third kappa shape index (κ3) is 5.17. The number of amides is 2. The van der Waals surface area contributed by atoms with Gasteiger partial charge < -0.3 is 15.4 Å². The molecule has 1 aromatic heterocycles. The molecule has 0 aliphatic carbocycles. The van der Waals surface area contributed by atoms with E-state index in [0.717, 1.165) is 22.0 Å². The van der Waals surface area contributed by atoms with E-state index in [4.69, 9.17) is 4.74 Å². The zero-order valence-electron chi connectivity index (χ0n) is 15.7. The monoisotopic (exact) mass is 395 g/mol. The maximum Gasteiger partial charge on any atom is 0.251 e. The van der Waals surface area contributed by atoms with Gasteiger partial charge in [0.1, 0.15) is 10.8 Å². The summed E-state index contributed by atoms with van der Waals surface area (Å²) in [6.07, 6.45) is 0.649. The first kappa shape index (κ1) is 19.6. The summed E-state index contributed by atoms with van der Waals surface area (Å²) < 4.78 is 5.14. The molecule has 7 heteroatoms. The van der Waals surface area contributed by atoms with Gasteiger partial charge in [0.15, 0.2) is 0 Å². The van der Waals surface area contributed by atoms with Crippen LogP contribution in [0.15, 0.2) is 53.9 Å². The lowest BCUT2D eigenvalue weighted by molar-refractivity contribution is -0.114. The summed E-state index contributed by atoms with van der Waals surface area (Å²) >= 11 is 1.55. The number of thiazole rings is 1. The third-order valence-electron chi connectivity index (χ3n) is 4.00. The van der Waals surface area contributed by atoms with Crippen LogP contribution in [0, 0.1) is 0 Å². The summed E-state index contributed by atoms with van der Waals surface area (Å²) in [5.74, 6) is 0.421. The summed E-state index contributed by atoms with van der Waals surface area (Å²) in [5.41, 5.74) is 3.24. The van der Waals surface area contributed by atoms with E-state index < -0.39 is 0 Å². The zero-order chi connectivity index (χ0) is 19.9. The van der Waals surface area contributed by atoms with Crippen LogP contribution in [0.2, 0.25) is 0 Å². The molecule has 0 atom stereocenters. The van der Waals surface area contributed by atoms with E-state index in [-0.39, 0.29) is 11.8 Å². The summed E-state index contributed by atoms with van der Waals surface area (Å²) in [6, 6.07) is 14.6. The van der Waals surface area contributed by atoms with Crippen molar-refractivity contribution < 1.29 is 14.3 Å². The average Bonchev–Trinajstić information content (AvgIpc) is 3.17.